The van der Waals surface area contributed by atoms with Crippen LogP contribution in [0.15, 0.2) is 60.0 Å². The standard InChI is InChI=1S/C23H28N4O3S2/c1-17-10-12-19(13-11-17)23-27-21(16-31-23)20(9-5-6-14-26-32(24,29)30)25-15-22(28)18-7-3-2-4-8-18/h2-4,7-8,10-13,16,20,25-26H,5-6,9,14-15H2,1H3,(H2,24,29,30). The molecule has 0 aliphatic carbocycles. The van der Waals surface area contributed by atoms with Gasteiger partial charge < -0.3 is 5.32 Å². The van der Waals surface area contributed by atoms with Crippen molar-refractivity contribution in [2.45, 2.75) is 32.2 Å². The quantitative estimate of drug-likeness (QED) is 0.275. The number of rotatable bonds is 12. The van der Waals surface area contributed by atoms with E-state index in [1.165, 1.54) is 5.56 Å². The third-order valence-electron chi connectivity index (χ3n) is 5.01. The van der Waals surface area contributed by atoms with Gasteiger partial charge in [0.2, 0.25) is 0 Å². The van der Waals surface area contributed by atoms with Crippen LogP contribution in [0.5, 0.6) is 0 Å². The molecule has 0 spiro atoms. The molecule has 32 heavy (non-hydrogen) atoms. The summed E-state index contributed by atoms with van der Waals surface area (Å²) < 4.78 is 24.4. The lowest BCUT2D eigenvalue weighted by atomic mass is 10.1. The van der Waals surface area contributed by atoms with E-state index in [0.29, 0.717) is 18.4 Å². The van der Waals surface area contributed by atoms with Gasteiger partial charge in [0, 0.05) is 23.1 Å². The molecule has 1 heterocycles. The Morgan fingerprint density at radius 2 is 1.81 bits per heavy atom. The summed E-state index contributed by atoms with van der Waals surface area (Å²) in [5.74, 6) is 0.0143. The molecule has 1 atom stereocenters. The van der Waals surface area contributed by atoms with E-state index in [0.717, 1.165) is 22.7 Å². The van der Waals surface area contributed by atoms with Gasteiger partial charge in [0.05, 0.1) is 18.3 Å². The fraction of sp³-hybridized carbons (Fsp3) is 0.304. The molecule has 0 aliphatic heterocycles. The molecule has 3 rings (SSSR count). The lowest BCUT2D eigenvalue weighted by Gasteiger charge is -2.17. The molecule has 9 heteroatoms. The van der Waals surface area contributed by atoms with E-state index < -0.39 is 10.2 Å². The van der Waals surface area contributed by atoms with Crippen molar-refractivity contribution in [1.82, 2.24) is 15.0 Å². The Balaban J connectivity index is 1.66. The average Bonchev–Trinajstić information content (AvgIpc) is 3.26. The molecular formula is C23H28N4O3S2. The number of hydrogen-bond donors (Lipinski definition) is 3. The Kier molecular flexibility index (Phi) is 8.66. The van der Waals surface area contributed by atoms with Crippen molar-refractivity contribution >= 4 is 27.3 Å². The number of ketones is 1. The molecule has 1 aromatic heterocycles. The Morgan fingerprint density at radius 1 is 1.09 bits per heavy atom. The summed E-state index contributed by atoms with van der Waals surface area (Å²) in [6, 6.07) is 17.3. The van der Waals surface area contributed by atoms with Crippen LogP contribution in [0, 0.1) is 6.92 Å². The zero-order chi connectivity index (χ0) is 23.0. The Hall–Kier alpha value is -2.43. The van der Waals surface area contributed by atoms with Gasteiger partial charge in [0.1, 0.15) is 5.01 Å². The number of thiazole rings is 1. The van der Waals surface area contributed by atoms with Gasteiger partial charge in [-0.1, -0.05) is 66.6 Å². The molecule has 4 N–H and O–H groups in total. The van der Waals surface area contributed by atoms with Gasteiger partial charge in [-0.15, -0.1) is 11.3 Å². The minimum absolute atomic E-state index is 0.0143. The summed E-state index contributed by atoms with van der Waals surface area (Å²) in [5, 5.41) is 11.3. The molecule has 0 radical (unpaired) electrons. The molecule has 0 saturated heterocycles. The minimum atomic E-state index is -3.68. The first-order valence-corrected chi connectivity index (χ1v) is 12.9. The fourth-order valence-corrected chi connectivity index (χ4v) is 4.57. The summed E-state index contributed by atoms with van der Waals surface area (Å²) in [6.07, 6.45) is 2.10. The maximum absolute atomic E-state index is 12.6. The number of aryl methyl sites for hydroxylation is 1. The molecule has 2 aromatic carbocycles. The van der Waals surface area contributed by atoms with Crippen molar-refractivity contribution in [2.75, 3.05) is 13.1 Å². The van der Waals surface area contributed by atoms with Crippen LogP contribution in [0.3, 0.4) is 0 Å². The van der Waals surface area contributed by atoms with E-state index >= 15 is 0 Å². The molecule has 0 fully saturated rings. The van der Waals surface area contributed by atoms with E-state index in [4.69, 9.17) is 10.1 Å². The molecule has 3 aromatic rings. The maximum atomic E-state index is 12.6. The first kappa shape index (κ1) is 24.2. The first-order chi connectivity index (χ1) is 15.3. The number of benzene rings is 2. The molecule has 0 amide bonds. The van der Waals surface area contributed by atoms with Crippen molar-refractivity contribution in [3.05, 3.63) is 76.8 Å². The van der Waals surface area contributed by atoms with Crippen molar-refractivity contribution in [1.29, 1.82) is 0 Å². The molecule has 0 saturated carbocycles. The third kappa shape index (κ3) is 7.61. The fourth-order valence-electron chi connectivity index (χ4n) is 3.26. The van der Waals surface area contributed by atoms with Crippen LogP contribution >= 0.6 is 11.3 Å². The first-order valence-electron chi connectivity index (χ1n) is 10.4. The largest absolute Gasteiger partial charge is 0.301 e. The second-order valence-corrected chi connectivity index (χ2v) is 9.84. The van der Waals surface area contributed by atoms with E-state index in [9.17, 15) is 13.2 Å². The highest BCUT2D eigenvalue weighted by Gasteiger charge is 2.17. The summed E-state index contributed by atoms with van der Waals surface area (Å²) in [6.45, 7) is 2.52. The number of nitrogens with two attached hydrogens (primary N) is 1. The topological polar surface area (TPSA) is 114 Å². The van der Waals surface area contributed by atoms with Crippen LogP contribution in [-0.4, -0.2) is 32.3 Å². The molecule has 170 valence electrons. The van der Waals surface area contributed by atoms with E-state index in [-0.39, 0.29) is 24.9 Å². The van der Waals surface area contributed by atoms with Crippen LogP contribution in [0.1, 0.15) is 46.9 Å². The number of unbranched alkanes of at least 4 members (excludes halogenated alkanes) is 1. The zero-order valence-electron chi connectivity index (χ0n) is 18.0. The van der Waals surface area contributed by atoms with Crippen molar-refractivity contribution < 1.29 is 13.2 Å². The molecular weight excluding hydrogens is 444 g/mol. The van der Waals surface area contributed by atoms with E-state index in [2.05, 4.69) is 34.3 Å². The second kappa shape index (κ2) is 11.4. The van der Waals surface area contributed by atoms with Crippen LogP contribution < -0.4 is 15.2 Å². The zero-order valence-corrected chi connectivity index (χ0v) is 19.6. The molecule has 0 bridgehead atoms. The van der Waals surface area contributed by atoms with Crippen LogP contribution in [0.2, 0.25) is 0 Å². The van der Waals surface area contributed by atoms with Crippen molar-refractivity contribution in [3.8, 4) is 10.6 Å². The number of nitrogens with zero attached hydrogens (tertiary/aromatic N) is 1. The van der Waals surface area contributed by atoms with Gasteiger partial charge in [-0.05, 0) is 19.8 Å². The van der Waals surface area contributed by atoms with Crippen molar-refractivity contribution in [3.63, 3.8) is 0 Å². The van der Waals surface area contributed by atoms with Crippen LogP contribution in [0.4, 0.5) is 0 Å². The number of nitrogens with one attached hydrogen (secondary N) is 2. The highest BCUT2D eigenvalue weighted by molar-refractivity contribution is 7.87. The van der Waals surface area contributed by atoms with Crippen molar-refractivity contribution in [2.24, 2.45) is 5.14 Å². The normalized spacial score (nSPS) is 12.6. The molecule has 7 nitrogen and oxygen atoms in total. The maximum Gasteiger partial charge on any atom is 0.274 e. The third-order valence-corrected chi connectivity index (χ3v) is 6.52. The SMILES string of the molecule is Cc1ccc(-c2nc(C(CCCCNS(N)(=O)=O)NCC(=O)c3ccccc3)cs2)cc1. The molecule has 1 unspecified atom stereocenters. The highest BCUT2D eigenvalue weighted by atomic mass is 32.2. The van der Waals surface area contributed by atoms with Crippen LogP contribution in [-0.2, 0) is 10.2 Å². The number of hydrogen-bond acceptors (Lipinski definition) is 6. The van der Waals surface area contributed by atoms with Gasteiger partial charge in [0.15, 0.2) is 5.78 Å². The smallest absolute Gasteiger partial charge is 0.274 e. The number of carbonyl (C=O) groups is 1. The monoisotopic (exact) mass is 472 g/mol. The van der Waals surface area contributed by atoms with Gasteiger partial charge >= 0.3 is 0 Å². The summed E-state index contributed by atoms with van der Waals surface area (Å²) >= 11 is 1.57. The minimum Gasteiger partial charge on any atom is -0.301 e. The average molecular weight is 473 g/mol. The second-order valence-electron chi connectivity index (χ2n) is 7.60. The Bertz CT molecular complexity index is 1110. The number of aromatic nitrogens is 1. The summed E-state index contributed by atoms with van der Waals surface area (Å²) in [4.78, 5) is 17.4. The lowest BCUT2D eigenvalue weighted by Crippen LogP contribution is -2.31. The number of carbonyl (C=O) groups excluding carboxylic acids is 1. The number of Topliss-reactive ketones (excluding diaryl/α,β-unsaturated/α-hetero) is 1. The van der Waals surface area contributed by atoms with Crippen LogP contribution in [0.25, 0.3) is 10.6 Å². The van der Waals surface area contributed by atoms with Gasteiger partial charge in [0.25, 0.3) is 10.2 Å². The van der Waals surface area contributed by atoms with E-state index in [1.54, 1.807) is 23.5 Å². The predicted octanol–water partition coefficient (Wildman–Crippen LogP) is 3.60. The predicted molar refractivity (Wildman–Crippen MR) is 129 cm³/mol. The lowest BCUT2D eigenvalue weighted by molar-refractivity contribution is 0.0986. The Labute approximate surface area is 193 Å². The summed E-state index contributed by atoms with van der Waals surface area (Å²) in [7, 11) is -3.68. The Morgan fingerprint density at radius 3 is 2.50 bits per heavy atom. The van der Waals surface area contributed by atoms with Gasteiger partial charge in [-0.3, -0.25) is 4.79 Å². The summed E-state index contributed by atoms with van der Waals surface area (Å²) in [5.41, 5.74) is 3.79. The van der Waals surface area contributed by atoms with Gasteiger partial charge in [-0.25, -0.2) is 14.8 Å². The van der Waals surface area contributed by atoms with E-state index in [1.807, 2.05) is 30.5 Å². The molecule has 0 aliphatic rings. The highest BCUT2D eigenvalue weighted by Crippen LogP contribution is 2.28. The van der Waals surface area contributed by atoms with Gasteiger partial charge in [-0.2, -0.15) is 8.42 Å².